The van der Waals surface area contributed by atoms with Crippen molar-refractivity contribution in [3.8, 4) is 0 Å². The summed E-state index contributed by atoms with van der Waals surface area (Å²) >= 11 is 0. The molecule has 26 heavy (non-hydrogen) atoms. The fourth-order valence-corrected chi connectivity index (χ4v) is 2.65. The topological polar surface area (TPSA) is 52.6 Å². The molecule has 3 rings (SSSR count). The van der Waals surface area contributed by atoms with Crippen molar-refractivity contribution in [1.82, 2.24) is 10.2 Å². The van der Waals surface area contributed by atoms with E-state index in [1.165, 1.54) is 11.1 Å². The molecule has 1 aromatic rings. The molecule has 5 heteroatoms. The van der Waals surface area contributed by atoms with Gasteiger partial charge in [0.25, 0.3) is 0 Å². The fourth-order valence-electron chi connectivity index (χ4n) is 2.65. The monoisotopic (exact) mass is 361 g/mol. The molecule has 146 valence electrons. The first kappa shape index (κ1) is 23.9. The van der Waals surface area contributed by atoms with Gasteiger partial charge in [0, 0.05) is 31.7 Å². The number of hydrogen-bond donors (Lipinski definition) is 1. The van der Waals surface area contributed by atoms with Crippen LogP contribution in [0.25, 0.3) is 0 Å². The van der Waals surface area contributed by atoms with Crippen LogP contribution in [0.5, 0.6) is 0 Å². The second kappa shape index (κ2) is 13.1. The molecule has 0 unspecified atom stereocenters. The van der Waals surface area contributed by atoms with Crippen LogP contribution in [0.4, 0.5) is 10.5 Å². The average Bonchev–Trinajstić information content (AvgIpc) is 3.08. The van der Waals surface area contributed by atoms with Gasteiger partial charge in [0.2, 0.25) is 5.91 Å². The smallest absolute Gasteiger partial charge is 0.295 e. The summed E-state index contributed by atoms with van der Waals surface area (Å²) in [6.07, 6.45) is 2.11. The van der Waals surface area contributed by atoms with Gasteiger partial charge < -0.3 is 0 Å². The van der Waals surface area contributed by atoms with Crippen LogP contribution in [-0.4, -0.2) is 29.9 Å². The van der Waals surface area contributed by atoms with Crippen molar-refractivity contribution in [1.29, 1.82) is 0 Å². The number of benzene rings is 1. The Morgan fingerprint density at radius 1 is 1.12 bits per heavy atom. The highest BCUT2D eigenvalue weighted by molar-refractivity contribution is 6.05. The zero-order valence-electron chi connectivity index (χ0n) is 17.3. The van der Waals surface area contributed by atoms with E-state index in [1.807, 2.05) is 40.7 Å². The Balaban J connectivity index is 0.000000793. The van der Waals surface area contributed by atoms with Crippen LogP contribution >= 0.6 is 0 Å². The number of imide groups is 1. The van der Waals surface area contributed by atoms with Crippen molar-refractivity contribution in [3.05, 3.63) is 42.0 Å². The number of nitrogens with zero attached hydrogens (tertiary/aromatic N) is 2. The number of amides is 3. The van der Waals surface area contributed by atoms with Crippen LogP contribution < -0.4 is 10.2 Å². The van der Waals surface area contributed by atoms with Gasteiger partial charge in [0.05, 0.1) is 0 Å². The van der Waals surface area contributed by atoms with Crippen LogP contribution in [0.2, 0.25) is 0 Å². The number of carbonyl (C=O) groups is 2. The molecule has 2 aliphatic rings. The molecule has 0 bridgehead atoms. The van der Waals surface area contributed by atoms with Crippen LogP contribution in [0.1, 0.15) is 59.1 Å². The minimum Gasteiger partial charge on any atom is -0.295 e. The molecule has 1 fully saturated rings. The minimum absolute atomic E-state index is 0.195. The highest BCUT2D eigenvalue weighted by Gasteiger charge is 2.25. The van der Waals surface area contributed by atoms with Crippen molar-refractivity contribution < 1.29 is 9.59 Å². The second-order valence-corrected chi connectivity index (χ2v) is 5.42. The normalized spacial score (nSPS) is 15.2. The predicted molar refractivity (Wildman–Crippen MR) is 110 cm³/mol. The van der Waals surface area contributed by atoms with Crippen molar-refractivity contribution in [2.24, 2.45) is 0 Å². The maximum Gasteiger partial charge on any atom is 0.328 e. The van der Waals surface area contributed by atoms with E-state index >= 15 is 0 Å². The van der Waals surface area contributed by atoms with Gasteiger partial charge in [0.1, 0.15) is 0 Å². The van der Waals surface area contributed by atoms with Crippen molar-refractivity contribution in [3.63, 3.8) is 0 Å². The minimum atomic E-state index is -0.318. The summed E-state index contributed by atoms with van der Waals surface area (Å²) in [5, 5.41) is 2.35. The Bertz CT molecular complexity index is 585. The van der Waals surface area contributed by atoms with Crippen molar-refractivity contribution in [2.45, 2.75) is 61.1 Å². The van der Waals surface area contributed by atoms with Crippen molar-refractivity contribution in [2.75, 3.05) is 18.0 Å². The summed E-state index contributed by atoms with van der Waals surface area (Å²) in [5.41, 5.74) is 3.49. The Kier molecular flexibility index (Phi) is 12.0. The first-order chi connectivity index (χ1) is 12.6. The molecular weight excluding hydrogens is 326 g/mol. The number of anilines is 1. The predicted octanol–water partition coefficient (Wildman–Crippen LogP) is 4.71. The Morgan fingerprint density at radius 3 is 2.23 bits per heavy atom. The summed E-state index contributed by atoms with van der Waals surface area (Å²) in [4.78, 5) is 27.0. The molecule has 2 aliphatic heterocycles. The van der Waals surface area contributed by atoms with Crippen molar-refractivity contribution >= 4 is 17.6 Å². The van der Waals surface area contributed by atoms with E-state index in [2.05, 4.69) is 35.9 Å². The number of rotatable bonds is 2. The van der Waals surface area contributed by atoms with Gasteiger partial charge in [-0.25, -0.2) is 4.79 Å². The molecule has 0 spiro atoms. The molecule has 3 amide bonds. The van der Waals surface area contributed by atoms with Gasteiger partial charge in [-0.2, -0.15) is 0 Å². The summed E-state index contributed by atoms with van der Waals surface area (Å²) in [7, 11) is 0. The third kappa shape index (κ3) is 6.64. The quantitative estimate of drug-likeness (QED) is 0.776. The molecule has 2 heterocycles. The van der Waals surface area contributed by atoms with Gasteiger partial charge in [-0.1, -0.05) is 46.8 Å². The maximum atomic E-state index is 11.8. The first-order valence-electron chi connectivity index (χ1n) is 9.61. The summed E-state index contributed by atoms with van der Waals surface area (Å²) in [5.74, 6) is -0.195. The molecule has 1 saturated heterocycles. The molecule has 5 nitrogen and oxygen atoms in total. The first-order valence-corrected chi connectivity index (χ1v) is 9.61. The third-order valence-corrected chi connectivity index (χ3v) is 3.79. The van der Waals surface area contributed by atoms with Gasteiger partial charge in [-0.05, 0) is 36.7 Å². The SMILES string of the molecule is C=CC.CC.CC.CCN1Cc2ccc(N3CCC(=O)NC3=O)cc2C1. The van der Waals surface area contributed by atoms with E-state index in [4.69, 9.17) is 0 Å². The average molecular weight is 362 g/mol. The molecular formula is C21H35N3O2. The lowest BCUT2D eigenvalue weighted by Crippen LogP contribution is -2.49. The molecule has 0 atom stereocenters. The van der Waals surface area contributed by atoms with Gasteiger partial charge in [-0.15, -0.1) is 6.58 Å². The van der Waals surface area contributed by atoms with Crippen LogP contribution in [0.15, 0.2) is 30.9 Å². The fraction of sp³-hybridized carbons (Fsp3) is 0.524. The number of hydrogen-bond acceptors (Lipinski definition) is 3. The standard InChI is InChI=1S/C14H17N3O2.C3H6.2C2H6/c1-2-16-8-10-3-4-12(7-11(10)9-16)17-6-5-13(18)15-14(17)19;1-3-2;2*1-2/h3-4,7H,2,5-6,8-9H2,1H3,(H,15,18,19);3H,1H2,2H3;2*1-2H3. The highest BCUT2D eigenvalue weighted by Crippen LogP contribution is 2.27. The van der Waals surface area contributed by atoms with E-state index in [1.54, 1.807) is 11.0 Å². The number of nitrogens with one attached hydrogen (secondary N) is 1. The van der Waals surface area contributed by atoms with Gasteiger partial charge in [-0.3, -0.25) is 19.9 Å². The molecule has 0 radical (unpaired) electrons. The van der Waals surface area contributed by atoms with E-state index in [9.17, 15) is 9.59 Å². The lowest BCUT2D eigenvalue weighted by molar-refractivity contribution is -0.120. The van der Waals surface area contributed by atoms with E-state index in [0.717, 1.165) is 25.3 Å². The van der Waals surface area contributed by atoms with Gasteiger partial charge >= 0.3 is 6.03 Å². The maximum absolute atomic E-state index is 11.8. The highest BCUT2D eigenvalue weighted by atomic mass is 16.2. The number of urea groups is 1. The Labute approximate surface area is 159 Å². The van der Waals surface area contributed by atoms with Crippen LogP contribution in [-0.2, 0) is 17.9 Å². The molecule has 0 saturated carbocycles. The number of carbonyl (C=O) groups excluding carboxylic acids is 2. The van der Waals surface area contributed by atoms with E-state index in [-0.39, 0.29) is 11.9 Å². The van der Waals surface area contributed by atoms with Crippen LogP contribution in [0.3, 0.4) is 0 Å². The molecule has 1 N–H and O–H groups in total. The summed E-state index contributed by atoms with van der Waals surface area (Å²) in [6.45, 7) is 18.8. The molecule has 0 aromatic heterocycles. The Hall–Kier alpha value is -2.14. The zero-order valence-corrected chi connectivity index (χ0v) is 17.3. The summed E-state index contributed by atoms with van der Waals surface area (Å²) < 4.78 is 0. The van der Waals surface area contributed by atoms with Crippen LogP contribution in [0, 0.1) is 0 Å². The zero-order chi connectivity index (χ0) is 20.1. The molecule has 0 aliphatic carbocycles. The Morgan fingerprint density at radius 2 is 1.69 bits per heavy atom. The number of allylic oxidation sites excluding steroid dienone is 1. The van der Waals surface area contributed by atoms with E-state index in [0.29, 0.717) is 13.0 Å². The lowest BCUT2D eigenvalue weighted by atomic mass is 10.1. The van der Waals surface area contributed by atoms with Gasteiger partial charge in [0.15, 0.2) is 0 Å². The lowest BCUT2D eigenvalue weighted by Gasteiger charge is -2.26. The largest absolute Gasteiger partial charge is 0.328 e. The third-order valence-electron chi connectivity index (χ3n) is 3.79. The molecule has 1 aromatic carbocycles. The summed E-state index contributed by atoms with van der Waals surface area (Å²) in [6, 6.07) is 5.80. The second-order valence-electron chi connectivity index (χ2n) is 5.42. The number of fused-ring (bicyclic) bond motifs is 1. The van der Waals surface area contributed by atoms with E-state index < -0.39 is 0 Å².